The predicted octanol–water partition coefficient (Wildman–Crippen LogP) is 3.40. The summed E-state index contributed by atoms with van der Waals surface area (Å²) < 4.78 is 0. The Labute approximate surface area is 120 Å². The van der Waals surface area contributed by atoms with Gasteiger partial charge in [0.1, 0.15) is 5.75 Å². The molecule has 1 N–H and O–H groups in total. The molecule has 3 rings (SSSR count). The Morgan fingerprint density at radius 2 is 1.80 bits per heavy atom. The minimum atomic E-state index is 0.335. The normalized spacial score (nSPS) is 21.8. The third-order valence-electron chi connectivity index (χ3n) is 4.38. The molecule has 104 valence electrons. The first kappa shape index (κ1) is 13.2. The molecule has 0 saturated heterocycles. The lowest BCUT2D eigenvalue weighted by atomic mass is 9.75. The lowest BCUT2D eigenvalue weighted by Crippen LogP contribution is -2.38. The Morgan fingerprint density at radius 3 is 2.50 bits per heavy atom. The van der Waals surface area contributed by atoms with Crippen LogP contribution in [-0.2, 0) is 6.42 Å². The smallest absolute Gasteiger partial charge is 0.115 e. The Bertz CT molecular complexity index is 592. The molecule has 0 heterocycles. The molecule has 0 amide bonds. The summed E-state index contributed by atoms with van der Waals surface area (Å²) in [4.78, 5) is 2.31. The van der Waals surface area contributed by atoms with Crippen molar-refractivity contribution in [1.82, 2.24) is 4.90 Å². The van der Waals surface area contributed by atoms with Gasteiger partial charge in [-0.05, 0) is 55.8 Å². The van der Waals surface area contributed by atoms with Crippen LogP contribution < -0.4 is 0 Å². The van der Waals surface area contributed by atoms with Gasteiger partial charge < -0.3 is 10.0 Å². The van der Waals surface area contributed by atoms with Crippen molar-refractivity contribution in [2.45, 2.75) is 24.8 Å². The van der Waals surface area contributed by atoms with Crippen molar-refractivity contribution in [3.63, 3.8) is 0 Å². The minimum absolute atomic E-state index is 0.335. The van der Waals surface area contributed by atoms with Gasteiger partial charge >= 0.3 is 0 Å². The molecule has 0 aromatic heterocycles. The lowest BCUT2D eigenvalue weighted by molar-refractivity contribution is 0.245. The zero-order chi connectivity index (χ0) is 14.1. The van der Waals surface area contributed by atoms with Gasteiger partial charge in [-0.3, -0.25) is 0 Å². The Hall–Kier alpha value is -1.80. The van der Waals surface area contributed by atoms with Crippen molar-refractivity contribution in [3.05, 3.63) is 65.2 Å². The maximum absolute atomic E-state index is 9.86. The van der Waals surface area contributed by atoms with Crippen LogP contribution in [0.5, 0.6) is 5.75 Å². The first-order valence-electron chi connectivity index (χ1n) is 7.20. The van der Waals surface area contributed by atoms with E-state index in [-0.39, 0.29) is 0 Å². The van der Waals surface area contributed by atoms with E-state index in [0.29, 0.717) is 17.7 Å². The summed E-state index contributed by atoms with van der Waals surface area (Å²) in [6.07, 6.45) is 2.24. The molecule has 2 aromatic carbocycles. The van der Waals surface area contributed by atoms with Crippen LogP contribution in [0.2, 0.25) is 0 Å². The lowest BCUT2D eigenvalue weighted by Gasteiger charge is -2.38. The zero-order valence-electron chi connectivity index (χ0n) is 12.1. The Kier molecular flexibility index (Phi) is 3.49. The average molecular weight is 267 g/mol. The second-order valence-electron chi connectivity index (χ2n) is 5.84. The van der Waals surface area contributed by atoms with Crippen LogP contribution in [-0.4, -0.2) is 30.1 Å². The third kappa shape index (κ3) is 2.32. The second-order valence-corrected chi connectivity index (χ2v) is 5.84. The molecule has 2 heteroatoms. The summed E-state index contributed by atoms with van der Waals surface area (Å²) >= 11 is 0. The summed E-state index contributed by atoms with van der Waals surface area (Å²) in [5.74, 6) is 0.700. The molecule has 0 spiro atoms. The van der Waals surface area contributed by atoms with Crippen LogP contribution in [0.3, 0.4) is 0 Å². The van der Waals surface area contributed by atoms with Gasteiger partial charge in [0.25, 0.3) is 0 Å². The van der Waals surface area contributed by atoms with Crippen molar-refractivity contribution in [3.8, 4) is 5.75 Å². The summed E-state index contributed by atoms with van der Waals surface area (Å²) in [6, 6.07) is 16.9. The first-order chi connectivity index (χ1) is 9.66. The van der Waals surface area contributed by atoms with E-state index in [4.69, 9.17) is 0 Å². The molecule has 2 unspecified atom stereocenters. The molecule has 0 bridgehead atoms. The molecule has 2 atom stereocenters. The van der Waals surface area contributed by atoms with Gasteiger partial charge in [0.15, 0.2) is 0 Å². The van der Waals surface area contributed by atoms with E-state index in [0.717, 1.165) is 12.8 Å². The average Bonchev–Trinajstić information content (AvgIpc) is 2.46. The standard InChI is InChI=1S/C18H21NO/c1-19(2)17-11-9-13-8-10-15(20)12-16(13)18(17)14-6-4-3-5-7-14/h3-8,10,12,17-18,20H,9,11H2,1-2H3. The van der Waals surface area contributed by atoms with Crippen LogP contribution in [0.1, 0.15) is 29.0 Å². The fourth-order valence-corrected chi connectivity index (χ4v) is 3.40. The van der Waals surface area contributed by atoms with Gasteiger partial charge in [-0.25, -0.2) is 0 Å². The predicted molar refractivity (Wildman–Crippen MR) is 82.2 cm³/mol. The molecule has 20 heavy (non-hydrogen) atoms. The number of likely N-dealkylation sites (N-methyl/N-ethyl adjacent to an activating group) is 1. The van der Waals surface area contributed by atoms with Crippen molar-refractivity contribution in [1.29, 1.82) is 0 Å². The van der Waals surface area contributed by atoms with Crippen LogP contribution in [0, 0.1) is 0 Å². The maximum Gasteiger partial charge on any atom is 0.115 e. The van der Waals surface area contributed by atoms with Crippen molar-refractivity contribution in [2.24, 2.45) is 0 Å². The number of fused-ring (bicyclic) bond motifs is 1. The highest BCUT2D eigenvalue weighted by atomic mass is 16.3. The van der Waals surface area contributed by atoms with Crippen molar-refractivity contribution < 1.29 is 5.11 Å². The van der Waals surface area contributed by atoms with E-state index in [1.807, 2.05) is 6.07 Å². The van der Waals surface area contributed by atoms with E-state index in [1.54, 1.807) is 6.07 Å². The molecule has 0 fully saturated rings. The number of hydrogen-bond donors (Lipinski definition) is 1. The Balaban J connectivity index is 2.13. The number of phenols is 1. The number of phenolic OH excluding ortho intramolecular Hbond substituents is 1. The summed E-state index contributed by atoms with van der Waals surface area (Å²) in [6.45, 7) is 0. The van der Waals surface area contributed by atoms with Gasteiger partial charge in [0.05, 0.1) is 0 Å². The monoisotopic (exact) mass is 267 g/mol. The van der Waals surface area contributed by atoms with E-state index in [2.05, 4.69) is 55.4 Å². The number of hydrogen-bond acceptors (Lipinski definition) is 2. The Morgan fingerprint density at radius 1 is 1.05 bits per heavy atom. The zero-order valence-corrected chi connectivity index (χ0v) is 12.1. The SMILES string of the molecule is CN(C)C1CCc2ccc(O)cc2C1c1ccccc1. The van der Waals surface area contributed by atoms with E-state index in [9.17, 15) is 5.11 Å². The van der Waals surface area contributed by atoms with Crippen molar-refractivity contribution >= 4 is 0 Å². The first-order valence-corrected chi connectivity index (χ1v) is 7.20. The number of aromatic hydroxyl groups is 1. The van der Waals surface area contributed by atoms with Gasteiger partial charge in [0, 0.05) is 12.0 Å². The molecule has 0 saturated carbocycles. The summed E-state index contributed by atoms with van der Waals surface area (Å²) in [7, 11) is 4.29. The van der Waals surface area contributed by atoms with E-state index in [1.165, 1.54) is 16.7 Å². The van der Waals surface area contributed by atoms with E-state index >= 15 is 0 Å². The number of nitrogens with zero attached hydrogens (tertiary/aromatic N) is 1. The van der Waals surface area contributed by atoms with Gasteiger partial charge in [-0.15, -0.1) is 0 Å². The number of benzene rings is 2. The largest absolute Gasteiger partial charge is 0.508 e. The quantitative estimate of drug-likeness (QED) is 0.901. The molecule has 2 nitrogen and oxygen atoms in total. The molecule has 0 radical (unpaired) electrons. The second kappa shape index (κ2) is 5.29. The number of aryl methyl sites for hydroxylation is 1. The van der Waals surface area contributed by atoms with Crippen LogP contribution in [0.15, 0.2) is 48.5 Å². The topological polar surface area (TPSA) is 23.5 Å². The van der Waals surface area contributed by atoms with Crippen LogP contribution in [0.4, 0.5) is 0 Å². The highest BCUT2D eigenvalue weighted by Gasteiger charge is 2.32. The molecule has 1 aliphatic carbocycles. The maximum atomic E-state index is 9.86. The third-order valence-corrected chi connectivity index (χ3v) is 4.38. The highest BCUT2D eigenvalue weighted by molar-refractivity contribution is 5.45. The fraction of sp³-hybridized carbons (Fsp3) is 0.333. The molecule has 1 aliphatic rings. The minimum Gasteiger partial charge on any atom is -0.508 e. The van der Waals surface area contributed by atoms with Gasteiger partial charge in [-0.1, -0.05) is 36.4 Å². The van der Waals surface area contributed by atoms with Crippen LogP contribution in [0.25, 0.3) is 0 Å². The van der Waals surface area contributed by atoms with Gasteiger partial charge in [-0.2, -0.15) is 0 Å². The number of rotatable bonds is 2. The molecular weight excluding hydrogens is 246 g/mol. The highest BCUT2D eigenvalue weighted by Crippen LogP contribution is 2.39. The van der Waals surface area contributed by atoms with Crippen LogP contribution >= 0.6 is 0 Å². The molecule has 0 aliphatic heterocycles. The molecular formula is C18H21NO. The van der Waals surface area contributed by atoms with Gasteiger partial charge in [0.2, 0.25) is 0 Å². The van der Waals surface area contributed by atoms with E-state index < -0.39 is 0 Å². The van der Waals surface area contributed by atoms with Crippen molar-refractivity contribution in [2.75, 3.05) is 14.1 Å². The summed E-state index contributed by atoms with van der Waals surface area (Å²) in [5.41, 5.74) is 3.98. The molecule has 2 aromatic rings. The summed E-state index contributed by atoms with van der Waals surface area (Å²) in [5, 5.41) is 9.86. The fourth-order valence-electron chi connectivity index (χ4n) is 3.40.